The van der Waals surface area contributed by atoms with Gasteiger partial charge in [-0.25, -0.2) is 22.2 Å². The Morgan fingerprint density at radius 1 is 1.30 bits per heavy atom. The first-order valence-corrected chi connectivity index (χ1v) is 7.43. The van der Waals surface area contributed by atoms with E-state index in [0.29, 0.717) is 20.4 Å². The molecule has 2 rings (SSSR count). The number of hydrogen-bond donors (Lipinski definition) is 0. The highest BCUT2D eigenvalue weighted by Crippen LogP contribution is 2.22. The van der Waals surface area contributed by atoms with Crippen molar-refractivity contribution in [1.29, 1.82) is 0 Å². The van der Waals surface area contributed by atoms with Gasteiger partial charge in [-0.3, -0.25) is 0 Å². The topological polar surface area (TPSA) is 50.3 Å². The van der Waals surface area contributed by atoms with Gasteiger partial charge in [-0.05, 0) is 30.3 Å². The third-order valence-corrected chi connectivity index (χ3v) is 4.76. The zero-order valence-electron chi connectivity index (χ0n) is 10.4. The molecule has 1 heterocycles. The second kappa shape index (κ2) is 5.59. The first-order chi connectivity index (χ1) is 9.30. The number of aromatic nitrogens is 1. The van der Waals surface area contributed by atoms with E-state index in [2.05, 4.69) is 4.98 Å². The number of sulfonamides is 1. The Morgan fingerprint density at radius 3 is 2.65 bits per heavy atom. The van der Waals surface area contributed by atoms with Gasteiger partial charge in [0.05, 0.1) is 17.0 Å². The van der Waals surface area contributed by atoms with Crippen LogP contribution >= 0.6 is 11.6 Å². The van der Waals surface area contributed by atoms with Crippen molar-refractivity contribution in [2.75, 3.05) is 13.6 Å². The number of fused-ring (bicyclic) bond motifs is 1. The molecular weight excluding hydrogens is 310 g/mol. The Hall–Kier alpha value is -1.31. The van der Waals surface area contributed by atoms with E-state index in [0.717, 1.165) is 7.05 Å². The fraction of sp³-hybridized carbons (Fsp3) is 0.250. The van der Waals surface area contributed by atoms with Crippen molar-refractivity contribution in [3.05, 3.63) is 35.5 Å². The van der Waals surface area contributed by atoms with E-state index in [9.17, 15) is 17.2 Å². The molecule has 2 aromatic rings. The molecule has 0 bridgehead atoms. The number of rotatable bonds is 4. The molecule has 1 aromatic carbocycles. The van der Waals surface area contributed by atoms with Gasteiger partial charge in [0, 0.05) is 12.4 Å². The second-order valence-electron chi connectivity index (χ2n) is 4.17. The number of halogens is 3. The van der Waals surface area contributed by atoms with E-state index in [1.807, 2.05) is 0 Å². The molecule has 0 spiro atoms. The van der Waals surface area contributed by atoms with Crippen molar-refractivity contribution in [1.82, 2.24) is 9.29 Å². The lowest BCUT2D eigenvalue weighted by atomic mass is 10.2. The molecule has 0 atom stereocenters. The summed E-state index contributed by atoms with van der Waals surface area (Å²) >= 11 is 5.74. The zero-order valence-corrected chi connectivity index (χ0v) is 12.0. The van der Waals surface area contributed by atoms with E-state index in [-0.39, 0.29) is 4.90 Å². The summed E-state index contributed by atoms with van der Waals surface area (Å²) in [4.78, 5) is 3.97. The third-order valence-electron chi connectivity index (χ3n) is 2.73. The number of alkyl halides is 2. The van der Waals surface area contributed by atoms with Crippen LogP contribution in [0.25, 0.3) is 10.9 Å². The molecule has 4 nitrogen and oxygen atoms in total. The van der Waals surface area contributed by atoms with Crippen LogP contribution < -0.4 is 0 Å². The summed E-state index contributed by atoms with van der Waals surface area (Å²) in [5.41, 5.74) is 0.535. The van der Waals surface area contributed by atoms with Crippen molar-refractivity contribution < 1.29 is 17.2 Å². The summed E-state index contributed by atoms with van der Waals surface area (Å²) in [5.74, 6) is 0. The maximum atomic E-state index is 12.3. The number of benzene rings is 1. The monoisotopic (exact) mass is 320 g/mol. The highest BCUT2D eigenvalue weighted by atomic mass is 35.5. The molecule has 0 aliphatic heterocycles. The molecule has 8 heteroatoms. The Morgan fingerprint density at radius 2 is 2.00 bits per heavy atom. The molecule has 0 aliphatic carbocycles. The lowest BCUT2D eigenvalue weighted by molar-refractivity contribution is 0.126. The fourth-order valence-corrected chi connectivity index (χ4v) is 3.05. The fourth-order valence-electron chi connectivity index (χ4n) is 1.71. The van der Waals surface area contributed by atoms with Crippen molar-refractivity contribution in [3.63, 3.8) is 0 Å². The normalized spacial score (nSPS) is 12.5. The average molecular weight is 321 g/mol. The molecule has 0 amide bonds. The van der Waals surface area contributed by atoms with E-state index in [4.69, 9.17) is 11.6 Å². The van der Waals surface area contributed by atoms with Crippen LogP contribution in [-0.2, 0) is 10.0 Å². The maximum absolute atomic E-state index is 12.3. The molecule has 0 radical (unpaired) electrons. The van der Waals surface area contributed by atoms with Crippen LogP contribution in [0.1, 0.15) is 0 Å². The smallest absolute Gasteiger partial charge is 0.236 e. The van der Waals surface area contributed by atoms with E-state index in [1.165, 1.54) is 24.3 Å². The SMILES string of the molecule is CN(CC(F)F)S(=O)(=O)c1ccc2nc(Cl)ccc2c1. The summed E-state index contributed by atoms with van der Waals surface area (Å²) < 4.78 is 49.5. The van der Waals surface area contributed by atoms with Crippen LogP contribution in [0.5, 0.6) is 0 Å². The lowest BCUT2D eigenvalue weighted by Crippen LogP contribution is -2.31. The summed E-state index contributed by atoms with van der Waals surface area (Å²) in [6, 6.07) is 7.35. The lowest BCUT2D eigenvalue weighted by Gasteiger charge is -2.16. The van der Waals surface area contributed by atoms with Crippen LogP contribution in [0.15, 0.2) is 35.2 Å². The van der Waals surface area contributed by atoms with Crippen molar-refractivity contribution in [2.24, 2.45) is 0 Å². The largest absolute Gasteiger partial charge is 0.252 e. The van der Waals surface area contributed by atoms with Crippen LogP contribution in [0.3, 0.4) is 0 Å². The van der Waals surface area contributed by atoms with Gasteiger partial charge >= 0.3 is 0 Å². The van der Waals surface area contributed by atoms with Crippen LogP contribution in [0.4, 0.5) is 8.78 Å². The molecule has 0 N–H and O–H groups in total. The number of hydrogen-bond acceptors (Lipinski definition) is 3. The number of nitrogens with zero attached hydrogens (tertiary/aromatic N) is 2. The predicted molar refractivity (Wildman–Crippen MR) is 72.6 cm³/mol. The maximum Gasteiger partial charge on any atom is 0.252 e. The molecule has 108 valence electrons. The van der Waals surface area contributed by atoms with E-state index < -0.39 is 23.0 Å². The minimum absolute atomic E-state index is 0.0581. The van der Waals surface area contributed by atoms with Crippen molar-refractivity contribution in [3.8, 4) is 0 Å². The summed E-state index contributed by atoms with van der Waals surface area (Å²) in [5, 5.41) is 0.865. The summed E-state index contributed by atoms with van der Waals surface area (Å²) in [7, 11) is -2.83. The van der Waals surface area contributed by atoms with E-state index in [1.54, 1.807) is 6.07 Å². The number of pyridine rings is 1. The highest BCUT2D eigenvalue weighted by Gasteiger charge is 2.23. The molecule has 0 fully saturated rings. The minimum Gasteiger partial charge on any atom is -0.236 e. The van der Waals surface area contributed by atoms with Gasteiger partial charge in [-0.15, -0.1) is 0 Å². The zero-order chi connectivity index (χ0) is 14.9. The van der Waals surface area contributed by atoms with Gasteiger partial charge in [-0.1, -0.05) is 11.6 Å². The molecular formula is C12H11ClF2N2O2S. The Labute approximate surface area is 120 Å². The quantitative estimate of drug-likeness (QED) is 0.814. The van der Waals surface area contributed by atoms with Crippen molar-refractivity contribution in [2.45, 2.75) is 11.3 Å². The molecule has 1 aromatic heterocycles. The van der Waals surface area contributed by atoms with Crippen LogP contribution in [0, 0.1) is 0 Å². The van der Waals surface area contributed by atoms with Gasteiger partial charge in [-0.2, -0.15) is 4.31 Å². The first-order valence-electron chi connectivity index (χ1n) is 5.61. The van der Waals surface area contributed by atoms with Gasteiger partial charge in [0.2, 0.25) is 10.0 Å². The molecule has 0 unspecified atom stereocenters. The standard InChI is InChI=1S/C12H11ClF2N2O2S/c1-17(7-12(14)15)20(18,19)9-3-4-10-8(6-9)2-5-11(13)16-10/h2-6,12H,7H2,1H3. The first kappa shape index (κ1) is 15.1. The Bertz CT molecular complexity index is 737. The van der Waals surface area contributed by atoms with Crippen LogP contribution in [-0.4, -0.2) is 37.7 Å². The summed E-state index contributed by atoms with van der Waals surface area (Å²) in [6.07, 6.45) is -2.73. The highest BCUT2D eigenvalue weighted by molar-refractivity contribution is 7.89. The molecule has 0 saturated heterocycles. The molecule has 0 aliphatic rings. The average Bonchev–Trinajstić information content (AvgIpc) is 2.37. The molecule has 20 heavy (non-hydrogen) atoms. The summed E-state index contributed by atoms with van der Waals surface area (Å²) in [6.45, 7) is -0.848. The Balaban J connectivity index is 2.44. The van der Waals surface area contributed by atoms with Gasteiger partial charge in [0.15, 0.2) is 0 Å². The van der Waals surface area contributed by atoms with Gasteiger partial charge < -0.3 is 0 Å². The predicted octanol–water partition coefficient (Wildman–Crippen LogP) is 2.77. The van der Waals surface area contributed by atoms with Crippen LogP contribution in [0.2, 0.25) is 5.15 Å². The van der Waals surface area contributed by atoms with E-state index >= 15 is 0 Å². The molecule has 0 saturated carbocycles. The second-order valence-corrected chi connectivity index (χ2v) is 6.60. The third kappa shape index (κ3) is 3.05. The minimum atomic E-state index is -3.94. The van der Waals surface area contributed by atoms with Crippen molar-refractivity contribution >= 4 is 32.5 Å². The Kier molecular flexibility index (Phi) is 4.22. The van der Waals surface area contributed by atoms with Gasteiger partial charge in [0.1, 0.15) is 5.15 Å². The van der Waals surface area contributed by atoms with Gasteiger partial charge in [0.25, 0.3) is 6.43 Å².